The van der Waals surface area contributed by atoms with Crippen molar-refractivity contribution in [2.24, 2.45) is 0 Å². The van der Waals surface area contributed by atoms with Crippen LogP contribution < -0.4 is 0 Å². The van der Waals surface area contributed by atoms with Crippen molar-refractivity contribution < 1.29 is 4.39 Å². The lowest BCUT2D eigenvalue weighted by Gasteiger charge is -2.02. The van der Waals surface area contributed by atoms with Crippen molar-refractivity contribution >= 4 is 0 Å². The maximum absolute atomic E-state index is 13.3. The van der Waals surface area contributed by atoms with Gasteiger partial charge >= 0.3 is 0 Å². The van der Waals surface area contributed by atoms with Gasteiger partial charge in [-0.3, -0.25) is 0 Å². The zero-order chi connectivity index (χ0) is 9.97. The first-order valence-electron chi connectivity index (χ1n) is 4.50. The Hall–Kier alpha value is -1.63. The highest BCUT2D eigenvalue weighted by atomic mass is 19.1. The Morgan fingerprint density at radius 1 is 1.00 bits per heavy atom. The van der Waals surface area contributed by atoms with Crippen molar-refractivity contribution in [3.63, 3.8) is 0 Å². The molecular formula is C13H10F. The third-order valence-corrected chi connectivity index (χ3v) is 2.22. The fourth-order valence-electron chi connectivity index (χ4n) is 1.35. The molecule has 0 saturated heterocycles. The van der Waals surface area contributed by atoms with Crippen LogP contribution in [-0.4, -0.2) is 0 Å². The van der Waals surface area contributed by atoms with Gasteiger partial charge in [0, 0.05) is 0 Å². The maximum Gasteiger partial charge on any atom is 0.126 e. The van der Waals surface area contributed by atoms with Crippen molar-refractivity contribution in [3.05, 3.63) is 59.9 Å². The molecule has 0 aliphatic rings. The molecule has 14 heavy (non-hydrogen) atoms. The second-order valence-corrected chi connectivity index (χ2v) is 3.25. The molecule has 0 aliphatic heterocycles. The molecule has 0 heterocycles. The quantitative estimate of drug-likeness (QED) is 0.636. The molecular weight excluding hydrogens is 175 g/mol. The molecule has 0 aliphatic carbocycles. The third-order valence-electron chi connectivity index (χ3n) is 2.22. The van der Waals surface area contributed by atoms with Gasteiger partial charge in [0.05, 0.1) is 0 Å². The minimum absolute atomic E-state index is 0.157. The van der Waals surface area contributed by atoms with E-state index in [1.54, 1.807) is 19.1 Å². The SMILES string of the molecule is Cc1ccc(-c2cc[c]cc2)cc1F. The Labute approximate surface area is 83.0 Å². The summed E-state index contributed by atoms with van der Waals surface area (Å²) in [7, 11) is 0. The molecule has 0 spiro atoms. The van der Waals surface area contributed by atoms with Crippen LogP contribution in [0.15, 0.2) is 42.5 Å². The molecule has 0 atom stereocenters. The van der Waals surface area contributed by atoms with E-state index in [2.05, 4.69) is 6.07 Å². The Bertz CT molecular complexity index is 432. The predicted molar refractivity (Wildman–Crippen MR) is 55.4 cm³/mol. The summed E-state index contributed by atoms with van der Waals surface area (Å²) in [5, 5.41) is 0. The van der Waals surface area contributed by atoms with Crippen LogP contribution in [0.2, 0.25) is 0 Å². The maximum atomic E-state index is 13.3. The Morgan fingerprint density at radius 2 is 1.71 bits per heavy atom. The topological polar surface area (TPSA) is 0 Å². The Morgan fingerprint density at radius 3 is 2.36 bits per heavy atom. The van der Waals surface area contributed by atoms with E-state index in [1.165, 1.54) is 0 Å². The molecule has 0 nitrogen and oxygen atoms in total. The molecule has 0 amide bonds. The fraction of sp³-hybridized carbons (Fsp3) is 0.0769. The van der Waals surface area contributed by atoms with E-state index < -0.39 is 0 Å². The number of hydrogen-bond acceptors (Lipinski definition) is 0. The van der Waals surface area contributed by atoms with E-state index in [1.807, 2.05) is 30.3 Å². The fourth-order valence-corrected chi connectivity index (χ4v) is 1.35. The van der Waals surface area contributed by atoms with Gasteiger partial charge in [-0.25, -0.2) is 4.39 Å². The summed E-state index contributed by atoms with van der Waals surface area (Å²) in [5.41, 5.74) is 2.60. The highest BCUT2D eigenvalue weighted by Gasteiger charge is 2.00. The zero-order valence-electron chi connectivity index (χ0n) is 7.92. The normalized spacial score (nSPS) is 10.1. The molecule has 1 radical (unpaired) electrons. The standard InChI is InChI=1S/C13H10F/c1-10-7-8-12(9-13(10)14)11-5-3-2-4-6-11/h3-9H,1H3. The van der Waals surface area contributed by atoms with E-state index in [-0.39, 0.29) is 5.82 Å². The van der Waals surface area contributed by atoms with Crippen molar-refractivity contribution in [1.29, 1.82) is 0 Å². The molecule has 0 N–H and O–H groups in total. The van der Waals surface area contributed by atoms with Crippen LogP contribution in [0.5, 0.6) is 0 Å². The monoisotopic (exact) mass is 185 g/mol. The van der Waals surface area contributed by atoms with Gasteiger partial charge in [-0.05, 0) is 35.7 Å². The summed E-state index contributed by atoms with van der Waals surface area (Å²) in [6, 6.07) is 15.7. The molecule has 0 saturated carbocycles. The second kappa shape index (κ2) is 3.62. The number of hydrogen-bond donors (Lipinski definition) is 0. The van der Waals surface area contributed by atoms with Gasteiger partial charge in [0.2, 0.25) is 0 Å². The zero-order valence-corrected chi connectivity index (χ0v) is 7.92. The highest BCUT2D eigenvalue weighted by Crippen LogP contribution is 2.20. The first-order valence-corrected chi connectivity index (χ1v) is 4.50. The third kappa shape index (κ3) is 1.67. The number of rotatable bonds is 1. The summed E-state index contributed by atoms with van der Waals surface area (Å²) in [5.74, 6) is -0.157. The van der Waals surface area contributed by atoms with Crippen LogP contribution in [-0.2, 0) is 0 Å². The van der Waals surface area contributed by atoms with Crippen molar-refractivity contribution in [2.75, 3.05) is 0 Å². The van der Waals surface area contributed by atoms with Crippen molar-refractivity contribution in [1.82, 2.24) is 0 Å². The average Bonchev–Trinajstić information content (AvgIpc) is 2.23. The minimum Gasteiger partial charge on any atom is -0.207 e. The molecule has 69 valence electrons. The van der Waals surface area contributed by atoms with E-state index in [9.17, 15) is 4.39 Å². The largest absolute Gasteiger partial charge is 0.207 e. The molecule has 1 heteroatoms. The summed E-state index contributed by atoms with van der Waals surface area (Å²) >= 11 is 0. The van der Waals surface area contributed by atoms with E-state index >= 15 is 0 Å². The van der Waals surface area contributed by atoms with Gasteiger partial charge in [0.25, 0.3) is 0 Å². The smallest absolute Gasteiger partial charge is 0.126 e. The van der Waals surface area contributed by atoms with Crippen LogP contribution in [0, 0.1) is 18.8 Å². The van der Waals surface area contributed by atoms with Crippen LogP contribution in [0.3, 0.4) is 0 Å². The molecule has 0 bridgehead atoms. The minimum atomic E-state index is -0.157. The summed E-state index contributed by atoms with van der Waals surface area (Å²) in [4.78, 5) is 0. The summed E-state index contributed by atoms with van der Waals surface area (Å²) in [6.07, 6.45) is 0. The Balaban J connectivity index is 2.48. The van der Waals surface area contributed by atoms with Gasteiger partial charge in [-0.1, -0.05) is 36.4 Å². The summed E-state index contributed by atoms with van der Waals surface area (Å²) < 4.78 is 13.3. The van der Waals surface area contributed by atoms with Gasteiger partial charge in [-0.15, -0.1) is 0 Å². The van der Waals surface area contributed by atoms with Gasteiger partial charge in [0.1, 0.15) is 5.82 Å². The van der Waals surface area contributed by atoms with Crippen molar-refractivity contribution in [2.45, 2.75) is 6.92 Å². The first-order chi connectivity index (χ1) is 6.77. The number of halogens is 1. The molecule has 2 aromatic rings. The predicted octanol–water partition coefficient (Wildman–Crippen LogP) is 3.60. The molecule has 0 unspecified atom stereocenters. The highest BCUT2D eigenvalue weighted by molar-refractivity contribution is 5.63. The lowest BCUT2D eigenvalue weighted by Crippen LogP contribution is -1.83. The van der Waals surface area contributed by atoms with Crippen LogP contribution in [0.1, 0.15) is 5.56 Å². The van der Waals surface area contributed by atoms with Gasteiger partial charge in [-0.2, -0.15) is 0 Å². The lowest BCUT2D eigenvalue weighted by atomic mass is 10.0. The van der Waals surface area contributed by atoms with Gasteiger partial charge < -0.3 is 0 Å². The van der Waals surface area contributed by atoms with Crippen molar-refractivity contribution in [3.8, 4) is 11.1 Å². The molecule has 0 aromatic heterocycles. The van der Waals surface area contributed by atoms with E-state index in [4.69, 9.17) is 0 Å². The van der Waals surface area contributed by atoms with Crippen LogP contribution >= 0.6 is 0 Å². The molecule has 0 fully saturated rings. The molecule has 2 aromatic carbocycles. The van der Waals surface area contributed by atoms with Crippen LogP contribution in [0.25, 0.3) is 11.1 Å². The second-order valence-electron chi connectivity index (χ2n) is 3.25. The van der Waals surface area contributed by atoms with E-state index in [0.717, 1.165) is 11.1 Å². The van der Waals surface area contributed by atoms with Gasteiger partial charge in [0.15, 0.2) is 0 Å². The first kappa shape index (κ1) is 8.95. The molecule has 2 rings (SSSR count). The Kier molecular flexibility index (Phi) is 2.32. The van der Waals surface area contributed by atoms with Crippen LogP contribution in [0.4, 0.5) is 4.39 Å². The average molecular weight is 185 g/mol. The lowest BCUT2D eigenvalue weighted by molar-refractivity contribution is 0.619. The number of benzene rings is 2. The summed E-state index contributed by atoms with van der Waals surface area (Å²) in [6.45, 7) is 1.76. The van der Waals surface area contributed by atoms with E-state index in [0.29, 0.717) is 5.56 Å². The number of aryl methyl sites for hydroxylation is 1.